The van der Waals surface area contributed by atoms with Crippen LogP contribution in [0.1, 0.15) is 12.5 Å². The molecule has 4 nitrogen and oxygen atoms in total. The van der Waals surface area contributed by atoms with Crippen LogP contribution in [0.4, 0.5) is 0 Å². The first-order valence-corrected chi connectivity index (χ1v) is 5.44. The zero-order chi connectivity index (χ0) is 12.7. The van der Waals surface area contributed by atoms with Crippen LogP contribution in [0.2, 0.25) is 0 Å². The lowest BCUT2D eigenvalue weighted by atomic mass is 10.2. The topological polar surface area (TPSA) is 43.8 Å². The van der Waals surface area contributed by atoms with Crippen molar-refractivity contribution in [3.63, 3.8) is 0 Å². The van der Waals surface area contributed by atoms with Gasteiger partial charge >= 0.3 is 0 Å². The summed E-state index contributed by atoms with van der Waals surface area (Å²) in [6, 6.07) is 10.5. The molecule has 0 saturated heterocycles. The van der Waals surface area contributed by atoms with Gasteiger partial charge in [-0.2, -0.15) is 0 Å². The van der Waals surface area contributed by atoms with Gasteiger partial charge in [0.1, 0.15) is 0 Å². The summed E-state index contributed by atoms with van der Waals surface area (Å²) < 4.78 is 0. The molecule has 4 heteroatoms. The van der Waals surface area contributed by atoms with E-state index in [1.54, 1.807) is 0 Å². The second-order valence-electron chi connectivity index (χ2n) is 3.95. The lowest BCUT2D eigenvalue weighted by Gasteiger charge is -2.17. The predicted molar refractivity (Wildman–Crippen MR) is 67.1 cm³/mol. The van der Waals surface area contributed by atoms with Crippen LogP contribution in [-0.2, 0) is 11.3 Å². The molecule has 0 amide bonds. The third kappa shape index (κ3) is 5.61. The first-order valence-electron chi connectivity index (χ1n) is 5.44. The Morgan fingerprint density at radius 1 is 1.29 bits per heavy atom. The molecule has 0 fully saturated rings. The first kappa shape index (κ1) is 13.1. The third-order valence-electron chi connectivity index (χ3n) is 2.17. The van der Waals surface area contributed by atoms with E-state index in [9.17, 15) is 0 Å². The van der Waals surface area contributed by atoms with E-state index in [2.05, 4.69) is 59.6 Å². The van der Waals surface area contributed by atoms with Crippen LogP contribution in [0.25, 0.3) is 0 Å². The number of carbonyl (C=O) groups is 1. The Balaban J connectivity index is 0.000000317. The SMILES string of the molecule is CC(=O)O.CN1C=CN(Cc2ccccc2)C1. The van der Waals surface area contributed by atoms with Crippen LogP contribution in [0, 0.1) is 0 Å². The van der Waals surface area contributed by atoms with E-state index in [4.69, 9.17) is 9.90 Å². The second kappa shape index (κ2) is 6.58. The van der Waals surface area contributed by atoms with E-state index in [-0.39, 0.29) is 0 Å². The Hall–Kier alpha value is -1.97. The third-order valence-corrected chi connectivity index (χ3v) is 2.17. The highest BCUT2D eigenvalue weighted by Gasteiger charge is 2.07. The molecular formula is C13H18N2O2. The number of carboxylic acids is 1. The molecule has 92 valence electrons. The minimum absolute atomic E-state index is 0.833. The molecule has 1 N–H and O–H groups in total. The number of hydrogen-bond acceptors (Lipinski definition) is 3. The van der Waals surface area contributed by atoms with Gasteiger partial charge in [0, 0.05) is 32.9 Å². The summed E-state index contributed by atoms with van der Waals surface area (Å²) in [5, 5.41) is 7.42. The van der Waals surface area contributed by atoms with Crippen LogP contribution in [0.15, 0.2) is 42.7 Å². The first-order chi connectivity index (χ1) is 8.08. The normalized spacial score (nSPS) is 13.3. The van der Waals surface area contributed by atoms with Gasteiger partial charge in [-0.3, -0.25) is 4.79 Å². The molecule has 0 aliphatic carbocycles. The van der Waals surface area contributed by atoms with Gasteiger partial charge in [0.2, 0.25) is 0 Å². The van der Waals surface area contributed by atoms with Crippen molar-refractivity contribution in [3.05, 3.63) is 48.3 Å². The van der Waals surface area contributed by atoms with Crippen molar-refractivity contribution in [1.82, 2.24) is 9.80 Å². The Morgan fingerprint density at radius 2 is 1.88 bits per heavy atom. The van der Waals surface area contributed by atoms with Crippen molar-refractivity contribution in [2.45, 2.75) is 13.5 Å². The summed E-state index contributed by atoms with van der Waals surface area (Å²) in [7, 11) is 2.08. The molecule has 0 bridgehead atoms. The summed E-state index contributed by atoms with van der Waals surface area (Å²) in [6.07, 6.45) is 4.23. The molecule has 0 aromatic heterocycles. The van der Waals surface area contributed by atoms with E-state index in [0.717, 1.165) is 20.1 Å². The van der Waals surface area contributed by atoms with Gasteiger partial charge in [0.25, 0.3) is 5.97 Å². The monoisotopic (exact) mass is 234 g/mol. The summed E-state index contributed by atoms with van der Waals surface area (Å²) in [5.41, 5.74) is 1.36. The average molecular weight is 234 g/mol. The van der Waals surface area contributed by atoms with E-state index in [1.807, 2.05) is 0 Å². The molecule has 2 rings (SSSR count). The minimum atomic E-state index is -0.833. The smallest absolute Gasteiger partial charge is 0.300 e. The van der Waals surface area contributed by atoms with Crippen molar-refractivity contribution in [1.29, 1.82) is 0 Å². The van der Waals surface area contributed by atoms with Gasteiger partial charge in [0.15, 0.2) is 0 Å². The molecule has 17 heavy (non-hydrogen) atoms. The van der Waals surface area contributed by atoms with Gasteiger partial charge in [0.05, 0.1) is 6.67 Å². The summed E-state index contributed by atoms with van der Waals surface area (Å²) in [5.74, 6) is -0.833. The number of benzene rings is 1. The quantitative estimate of drug-likeness (QED) is 0.849. The average Bonchev–Trinajstić information content (AvgIpc) is 2.65. The fourth-order valence-corrected chi connectivity index (χ4v) is 1.51. The van der Waals surface area contributed by atoms with E-state index in [0.29, 0.717) is 0 Å². The molecule has 0 saturated carbocycles. The number of hydrogen-bond donors (Lipinski definition) is 1. The maximum absolute atomic E-state index is 9.00. The number of nitrogens with zero attached hydrogens (tertiary/aromatic N) is 2. The lowest BCUT2D eigenvalue weighted by molar-refractivity contribution is -0.134. The largest absolute Gasteiger partial charge is 0.481 e. The van der Waals surface area contributed by atoms with Gasteiger partial charge in [-0.05, 0) is 5.56 Å². The molecule has 1 aliphatic rings. The number of carboxylic acid groups (broad SMARTS) is 1. The predicted octanol–water partition coefficient (Wildman–Crippen LogP) is 1.95. The van der Waals surface area contributed by atoms with Crippen molar-refractivity contribution in [2.75, 3.05) is 13.7 Å². The molecular weight excluding hydrogens is 216 g/mol. The van der Waals surface area contributed by atoms with Crippen molar-refractivity contribution in [3.8, 4) is 0 Å². The van der Waals surface area contributed by atoms with Gasteiger partial charge < -0.3 is 14.9 Å². The molecule has 1 aromatic carbocycles. The minimum Gasteiger partial charge on any atom is -0.481 e. The lowest BCUT2D eigenvalue weighted by Crippen LogP contribution is -2.21. The molecule has 1 heterocycles. The van der Waals surface area contributed by atoms with E-state index < -0.39 is 5.97 Å². The zero-order valence-electron chi connectivity index (χ0n) is 10.2. The van der Waals surface area contributed by atoms with Crippen LogP contribution in [-0.4, -0.2) is 34.6 Å². The van der Waals surface area contributed by atoms with Crippen LogP contribution < -0.4 is 0 Å². The molecule has 0 radical (unpaired) electrons. The Labute approximate surface area is 102 Å². The van der Waals surface area contributed by atoms with Crippen LogP contribution in [0.3, 0.4) is 0 Å². The van der Waals surface area contributed by atoms with Crippen molar-refractivity contribution >= 4 is 5.97 Å². The van der Waals surface area contributed by atoms with Crippen LogP contribution in [0.5, 0.6) is 0 Å². The second-order valence-corrected chi connectivity index (χ2v) is 3.95. The summed E-state index contributed by atoms with van der Waals surface area (Å²) in [6.45, 7) is 3.08. The fourth-order valence-electron chi connectivity index (χ4n) is 1.51. The maximum Gasteiger partial charge on any atom is 0.300 e. The van der Waals surface area contributed by atoms with Crippen molar-refractivity contribution in [2.24, 2.45) is 0 Å². The van der Waals surface area contributed by atoms with Crippen molar-refractivity contribution < 1.29 is 9.90 Å². The Morgan fingerprint density at radius 3 is 2.35 bits per heavy atom. The Kier molecular flexibility index (Phi) is 5.07. The van der Waals surface area contributed by atoms with Crippen LogP contribution >= 0.6 is 0 Å². The van der Waals surface area contributed by atoms with Gasteiger partial charge in [-0.15, -0.1) is 0 Å². The van der Waals surface area contributed by atoms with Gasteiger partial charge in [-0.1, -0.05) is 30.3 Å². The molecule has 1 aliphatic heterocycles. The zero-order valence-corrected chi connectivity index (χ0v) is 10.2. The summed E-state index contributed by atoms with van der Waals surface area (Å²) in [4.78, 5) is 13.5. The molecule has 0 unspecified atom stereocenters. The standard InChI is InChI=1S/C11H14N2.C2H4O2/c1-12-7-8-13(10-12)9-11-5-3-2-4-6-11;1-2(3)4/h2-8H,9-10H2,1H3;1H3,(H,3,4). The fraction of sp³-hybridized carbons (Fsp3) is 0.308. The van der Waals surface area contributed by atoms with Gasteiger partial charge in [-0.25, -0.2) is 0 Å². The highest BCUT2D eigenvalue weighted by Crippen LogP contribution is 2.09. The molecule has 1 aromatic rings. The Bertz CT molecular complexity index is 372. The van der Waals surface area contributed by atoms with E-state index in [1.165, 1.54) is 5.56 Å². The number of aliphatic carboxylic acids is 1. The number of rotatable bonds is 2. The highest BCUT2D eigenvalue weighted by molar-refractivity contribution is 5.62. The molecule has 0 spiro atoms. The highest BCUT2D eigenvalue weighted by atomic mass is 16.4. The van der Waals surface area contributed by atoms with E-state index >= 15 is 0 Å². The molecule has 0 atom stereocenters. The maximum atomic E-state index is 9.00. The summed E-state index contributed by atoms with van der Waals surface area (Å²) >= 11 is 0.